The van der Waals surface area contributed by atoms with E-state index in [-0.39, 0.29) is 17.7 Å². The van der Waals surface area contributed by atoms with E-state index in [0.717, 1.165) is 16.1 Å². The maximum Gasteiger partial charge on any atom is 0.251 e. The minimum absolute atomic E-state index is 0.0301. The molecule has 0 bridgehead atoms. The molecule has 2 rings (SSSR count). The lowest BCUT2D eigenvalue weighted by molar-refractivity contribution is -0.118. The first-order chi connectivity index (χ1) is 11.9. The van der Waals surface area contributed by atoms with Crippen LogP contribution in [0, 0.1) is 12.8 Å². The second kappa shape index (κ2) is 8.72. The van der Waals surface area contributed by atoms with Crippen LogP contribution in [0.5, 0.6) is 0 Å². The van der Waals surface area contributed by atoms with Crippen molar-refractivity contribution in [1.29, 1.82) is 0 Å². The molecule has 1 unspecified atom stereocenters. The lowest BCUT2D eigenvalue weighted by Gasteiger charge is -2.22. The van der Waals surface area contributed by atoms with Gasteiger partial charge in [0, 0.05) is 16.1 Å². The molecule has 2 aromatic rings. The summed E-state index contributed by atoms with van der Waals surface area (Å²) in [5.41, 5.74) is 2.29. The molecule has 0 fully saturated rings. The summed E-state index contributed by atoms with van der Waals surface area (Å²) in [4.78, 5) is 26.2. The summed E-state index contributed by atoms with van der Waals surface area (Å²) < 4.78 is 0. The molecule has 5 heteroatoms. The highest BCUT2D eigenvalue weighted by Gasteiger charge is 2.24. The average molecular weight is 356 g/mol. The van der Waals surface area contributed by atoms with Gasteiger partial charge in [0.05, 0.1) is 0 Å². The molecular weight excluding hydrogens is 332 g/mol. The molecule has 2 N–H and O–H groups in total. The number of thioether (sulfide) groups is 1. The molecular formula is C20H24N2O2S. The average Bonchev–Trinajstić information content (AvgIpc) is 2.59. The van der Waals surface area contributed by atoms with Crippen LogP contribution in [0.25, 0.3) is 0 Å². The molecule has 0 aliphatic rings. The van der Waals surface area contributed by atoms with E-state index in [4.69, 9.17) is 0 Å². The fraction of sp³-hybridized carbons (Fsp3) is 0.300. The van der Waals surface area contributed by atoms with E-state index in [1.54, 1.807) is 17.8 Å². The van der Waals surface area contributed by atoms with E-state index in [1.165, 1.54) is 0 Å². The van der Waals surface area contributed by atoms with Gasteiger partial charge in [-0.15, -0.1) is 11.8 Å². The van der Waals surface area contributed by atoms with Gasteiger partial charge in [-0.2, -0.15) is 0 Å². The summed E-state index contributed by atoms with van der Waals surface area (Å²) in [6, 6.07) is 14.4. The van der Waals surface area contributed by atoms with Crippen molar-refractivity contribution in [3.63, 3.8) is 0 Å². The maximum atomic E-state index is 12.7. The van der Waals surface area contributed by atoms with Crippen LogP contribution in [0.15, 0.2) is 53.4 Å². The molecule has 2 aromatic carbocycles. The summed E-state index contributed by atoms with van der Waals surface area (Å²) in [6.45, 7) is 5.76. The Balaban J connectivity index is 2.11. The van der Waals surface area contributed by atoms with Crippen molar-refractivity contribution in [2.45, 2.75) is 31.7 Å². The third kappa shape index (κ3) is 5.36. The lowest BCUT2D eigenvalue weighted by Crippen LogP contribution is -2.47. The van der Waals surface area contributed by atoms with Crippen molar-refractivity contribution < 1.29 is 9.59 Å². The quantitative estimate of drug-likeness (QED) is 0.766. The van der Waals surface area contributed by atoms with Crippen molar-refractivity contribution in [2.24, 2.45) is 5.92 Å². The highest BCUT2D eigenvalue weighted by atomic mass is 32.2. The van der Waals surface area contributed by atoms with Crippen LogP contribution in [0.2, 0.25) is 0 Å². The van der Waals surface area contributed by atoms with Gasteiger partial charge in [-0.1, -0.05) is 37.6 Å². The monoisotopic (exact) mass is 356 g/mol. The van der Waals surface area contributed by atoms with Crippen molar-refractivity contribution >= 4 is 29.3 Å². The van der Waals surface area contributed by atoms with E-state index in [2.05, 4.69) is 10.6 Å². The van der Waals surface area contributed by atoms with Crippen molar-refractivity contribution in [1.82, 2.24) is 5.32 Å². The van der Waals surface area contributed by atoms with E-state index in [9.17, 15) is 9.59 Å². The van der Waals surface area contributed by atoms with Gasteiger partial charge < -0.3 is 10.6 Å². The number of carbonyl (C=O) groups excluding carboxylic acids is 2. The third-order valence-electron chi connectivity index (χ3n) is 3.85. The van der Waals surface area contributed by atoms with Gasteiger partial charge in [-0.25, -0.2) is 0 Å². The van der Waals surface area contributed by atoms with Gasteiger partial charge >= 0.3 is 0 Å². The Morgan fingerprint density at radius 1 is 1.04 bits per heavy atom. The Morgan fingerprint density at radius 2 is 1.76 bits per heavy atom. The van der Waals surface area contributed by atoms with Crippen LogP contribution in [0.3, 0.4) is 0 Å². The van der Waals surface area contributed by atoms with Gasteiger partial charge in [0.25, 0.3) is 5.91 Å². The molecule has 0 aliphatic heterocycles. The topological polar surface area (TPSA) is 58.2 Å². The number of rotatable bonds is 6. The summed E-state index contributed by atoms with van der Waals surface area (Å²) in [5.74, 6) is -0.484. The molecule has 0 aliphatic carbocycles. The number of anilines is 1. The highest BCUT2D eigenvalue weighted by molar-refractivity contribution is 7.98. The van der Waals surface area contributed by atoms with Gasteiger partial charge in [-0.05, 0) is 49.4 Å². The second-order valence-corrected chi connectivity index (χ2v) is 7.17. The lowest BCUT2D eigenvalue weighted by atomic mass is 10.0. The number of hydrogen-bond donors (Lipinski definition) is 2. The fourth-order valence-corrected chi connectivity index (χ4v) is 2.93. The first kappa shape index (κ1) is 19.1. The molecule has 25 heavy (non-hydrogen) atoms. The highest BCUT2D eigenvalue weighted by Crippen LogP contribution is 2.19. The number of benzene rings is 2. The van der Waals surface area contributed by atoms with Crippen LogP contribution < -0.4 is 10.6 Å². The molecule has 0 aromatic heterocycles. The summed E-state index contributed by atoms with van der Waals surface area (Å²) >= 11 is 1.61. The second-order valence-electron chi connectivity index (χ2n) is 6.29. The van der Waals surface area contributed by atoms with Crippen LogP contribution in [-0.4, -0.2) is 24.1 Å². The van der Waals surface area contributed by atoms with Crippen LogP contribution in [-0.2, 0) is 4.79 Å². The third-order valence-corrected chi connectivity index (χ3v) is 4.58. The van der Waals surface area contributed by atoms with E-state index in [1.807, 2.05) is 69.5 Å². The standard InChI is InChI=1S/C20H24N2O2S/c1-13(2)18(22-19(23)15-8-5-7-14(3)11-15)20(24)21-16-9-6-10-17(12-16)25-4/h5-13,18H,1-4H3,(H,21,24)(H,22,23). The predicted octanol–water partition coefficient (Wildman–Crippen LogP) is 4.11. The first-order valence-corrected chi connectivity index (χ1v) is 9.45. The smallest absolute Gasteiger partial charge is 0.251 e. The molecule has 0 radical (unpaired) electrons. The molecule has 0 heterocycles. The van der Waals surface area contributed by atoms with Crippen molar-refractivity contribution in [2.75, 3.05) is 11.6 Å². The summed E-state index contributed by atoms with van der Waals surface area (Å²) in [6.07, 6.45) is 1.99. The molecule has 1 atom stereocenters. The van der Waals surface area contributed by atoms with Crippen molar-refractivity contribution in [3.8, 4) is 0 Å². The predicted molar refractivity (Wildman–Crippen MR) is 104 cm³/mol. The van der Waals surface area contributed by atoms with Crippen LogP contribution in [0.1, 0.15) is 29.8 Å². The number of aryl methyl sites for hydroxylation is 1. The Bertz CT molecular complexity index is 759. The molecule has 0 saturated carbocycles. The van der Waals surface area contributed by atoms with Gasteiger partial charge in [0.2, 0.25) is 5.91 Å². The Morgan fingerprint density at radius 3 is 2.40 bits per heavy atom. The number of carbonyl (C=O) groups is 2. The van der Waals surface area contributed by atoms with Gasteiger partial charge in [0.1, 0.15) is 6.04 Å². The zero-order chi connectivity index (χ0) is 18.4. The minimum atomic E-state index is -0.606. The Hall–Kier alpha value is -2.27. The van der Waals surface area contributed by atoms with Crippen molar-refractivity contribution in [3.05, 3.63) is 59.7 Å². The normalized spacial score (nSPS) is 11.9. The Labute approximate surface area is 153 Å². The zero-order valence-corrected chi connectivity index (χ0v) is 15.8. The molecule has 132 valence electrons. The first-order valence-electron chi connectivity index (χ1n) is 8.23. The molecule has 0 spiro atoms. The van der Waals surface area contributed by atoms with Gasteiger partial charge in [0.15, 0.2) is 0 Å². The summed E-state index contributed by atoms with van der Waals surface area (Å²) in [5, 5.41) is 5.75. The summed E-state index contributed by atoms with van der Waals surface area (Å²) in [7, 11) is 0. The fourth-order valence-electron chi connectivity index (χ4n) is 2.47. The van der Waals surface area contributed by atoms with Gasteiger partial charge in [-0.3, -0.25) is 9.59 Å². The number of hydrogen-bond acceptors (Lipinski definition) is 3. The number of nitrogens with one attached hydrogen (secondary N) is 2. The molecule has 2 amide bonds. The maximum absolute atomic E-state index is 12.7. The molecule has 0 saturated heterocycles. The molecule has 4 nitrogen and oxygen atoms in total. The van der Waals surface area contributed by atoms with E-state index in [0.29, 0.717) is 5.56 Å². The minimum Gasteiger partial charge on any atom is -0.340 e. The Kier molecular flexibility index (Phi) is 6.65. The zero-order valence-electron chi connectivity index (χ0n) is 15.0. The van der Waals surface area contributed by atoms with Crippen LogP contribution in [0.4, 0.5) is 5.69 Å². The van der Waals surface area contributed by atoms with Crippen LogP contribution >= 0.6 is 11.8 Å². The number of amides is 2. The van der Waals surface area contributed by atoms with E-state index >= 15 is 0 Å². The SMILES string of the molecule is CSc1cccc(NC(=O)C(NC(=O)c2cccc(C)c2)C(C)C)c1. The van der Waals surface area contributed by atoms with E-state index < -0.39 is 6.04 Å². The largest absolute Gasteiger partial charge is 0.340 e.